The van der Waals surface area contributed by atoms with Crippen molar-refractivity contribution in [3.8, 4) is 28.7 Å². The van der Waals surface area contributed by atoms with E-state index in [-0.39, 0.29) is 17.2 Å². The third-order valence-electron chi connectivity index (χ3n) is 6.57. The molecule has 0 unspecified atom stereocenters. The van der Waals surface area contributed by atoms with Crippen molar-refractivity contribution in [3.05, 3.63) is 94.0 Å². The Balaban J connectivity index is 1.85. The van der Waals surface area contributed by atoms with E-state index in [1.54, 1.807) is 24.3 Å². The molecule has 4 aromatic rings. The van der Waals surface area contributed by atoms with Crippen LogP contribution in [0.15, 0.2) is 60.7 Å². The summed E-state index contributed by atoms with van der Waals surface area (Å²) in [6.45, 7) is 11.7. The van der Waals surface area contributed by atoms with Crippen molar-refractivity contribution in [3.63, 3.8) is 0 Å². The molecule has 0 aromatic heterocycles. The molecule has 4 aromatic carbocycles. The highest BCUT2D eigenvalue weighted by molar-refractivity contribution is 5.87. The molecule has 0 atom stereocenters. The lowest BCUT2D eigenvalue weighted by atomic mass is 10.0. The molecule has 180 valence electrons. The summed E-state index contributed by atoms with van der Waals surface area (Å²) in [4.78, 5) is 1.90. The molecule has 0 amide bonds. The fourth-order valence-corrected chi connectivity index (χ4v) is 4.38. The minimum atomic E-state index is 0.129. The number of hydrogen-bond donors (Lipinski definition) is 3. The van der Waals surface area contributed by atoms with Gasteiger partial charge in [-0.05, 0) is 123 Å². The zero-order valence-corrected chi connectivity index (χ0v) is 21.0. The number of phenols is 3. The molecule has 0 aliphatic carbocycles. The molecule has 0 radical (unpaired) electrons. The maximum atomic E-state index is 10.9. The summed E-state index contributed by atoms with van der Waals surface area (Å²) in [5.74, 6) is 1.81. The molecule has 4 rings (SSSR count). The van der Waals surface area contributed by atoms with E-state index in [4.69, 9.17) is 4.74 Å². The third kappa shape index (κ3) is 4.50. The van der Waals surface area contributed by atoms with Crippen molar-refractivity contribution < 1.29 is 20.1 Å². The summed E-state index contributed by atoms with van der Waals surface area (Å²) in [5.41, 5.74) is 7.59. The standard InChI is InChI=1S/C30H31NO4/c1-17-7-13-26(33)28(21(17)5)31(29-22(6)18(2)8-14-27(29)34)23-9-11-25(12-10-23)35-30-19(3)15-24(32)16-20(30)4/h7-16,32-34H,1-6H3. The van der Waals surface area contributed by atoms with E-state index in [9.17, 15) is 15.3 Å². The molecule has 0 saturated carbocycles. The van der Waals surface area contributed by atoms with Crippen LogP contribution in [0.5, 0.6) is 28.7 Å². The van der Waals surface area contributed by atoms with Crippen LogP contribution in [0.4, 0.5) is 17.1 Å². The Morgan fingerprint density at radius 2 is 1.03 bits per heavy atom. The molecule has 0 saturated heterocycles. The van der Waals surface area contributed by atoms with Gasteiger partial charge in [0.25, 0.3) is 0 Å². The van der Waals surface area contributed by atoms with Crippen molar-refractivity contribution in [1.29, 1.82) is 0 Å². The van der Waals surface area contributed by atoms with Crippen molar-refractivity contribution in [1.82, 2.24) is 0 Å². The van der Waals surface area contributed by atoms with Gasteiger partial charge in [-0.1, -0.05) is 12.1 Å². The highest BCUT2D eigenvalue weighted by Gasteiger charge is 2.24. The number of phenolic OH excluding ortho intramolecular Hbond substituents is 3. The highest BCUT2D eigenvalue weighted by Crippen LogP contribution is 2.48. The van der Waals surface area contributed by atoms with Crippen molar-refractivity contribution in [2.24, 2.45) is 0 Å². The summed E-state index contributed by atoms with van der Waals surface area (Å²) in [5, 5.41) is 31.7. The van der Waals surface area contributed by atoms with E-state index in [0.29, 0.717) is 22.9 Å². The maximum absolute atomic E-state index is 10.9. The molecule has 0 spiro atoms. The zero-order chi connectivity index (χ0) is 25.4. The second-order valence-electron chi connectivity index (χ2n) is 9.09. The first-order valence-corrected chi connectivity index (χ1v) is 11.5. The van der Waals surface area contributed by atoms with Gasteiger partial charge in [-0.2, -0.15) is 0 Å². The summed E-state index contributed by atoms with van der Waals surface area (Å²) in [7, 11) is 0. The number of rotatable bonds is 5. The fraction of sp³-hybridized carbons (Fsp3) is 0.200. The first kappa shape index (κ1) is 24.0. The van der Waals surface area contributed by atoms with E-state index >= 15 is 0 Å². The van der Waals surface area contributed by atoms with Crippen LogP contribution < -0.4 is 9.64 Å². The molecule has 0 heterocycles. The lowest BCUT2D eigenvalue weighted by molar-refractivity contribution is 0.458. The van der Waals surface area contributed by atoms with E-state index in [2.05, 4.69) is 0 Å². The van der Waals surface area contributed by atoms with Crippen LogP contribution in [0.3, 0.4) is 0 Å². The molecule has 5 nitrogen and oxygen atoms in total. The van der Waals surface area contributed by atoms with Gasteiger partial charge in [0.15, 0.2) is 0 Å². The van der Waals surface area contributed by atoms with Crippen LogP contribution in [0.1, 0.15) is 33.4 Å². The monoisotopic (exact) mass is 469 g/mol. The van der Waals surface area contributed by atoms with Gasteiger partial charge in [0.05, 0.1) is 11.4 Å². The lowest BCUT2D eigenvalue weighted by Crippen LogP contribution is -2.14. The van der Waals surface area contributed by atoms with Crippen molar-refractivity contribution >= 4 is 17.1 Å². The van der Waals surface area contributed by atoms with Gasteiger partial charge in [-0.15, -0.1) is 0 Å². The number of hydrogen-bond acceptors (Lipinski definition) is 5. The first-order valence-electron chi connectivity index (χ1n) is 11.5. The van der Waals surface area contributed by atoms with Gasteiger partial charge in [0.2, 0.25) is 0 Å². The largest absolute Gasteiger partial charge is 0.508 e. The Morgan fingerprint density at radius 3 is 1.49 bits per heavy atom. The van der Waals surface area contributed by atoms with Crippen LogP contribution in [-0.2, 0) is 0 Å². The normalized spacial score (nSPS) is 10.9. The second kappa shape index (κ2) is 9.26. The Hall–Kier alpha value is -4.12. The molecule has 0 fully saturated rings. The second-order valence-corrected chi connectivity index (χ2v) is 9.09. The van der Waals surface area contributed by atoms with Gasteiger partial charge in [0.1, 0.15) is 28.7 Å². The number of nitrogens with zero attached hydrogens (tertiary/aromatic N) is 1. The SMILES string of the molecule is Cc1ccc(O)c(N(c2ccc(Oc3c(C)cc(O)cc3C)cc2)c2c(O)ccc(C)c2C)c1C. The van der Waals surface area contributed by atoms with Gasteiger partial charge in [-0.3, -0.25) is 0 Å². The molecule has 0 aliphatic heterocycles. The van der Waals surface area contributed by atoms with Crippen LogP contribution in [0.25, 0.3) is 0 Å². The lowest BCUT2D eigenvalue weighted by Gasteiger charge is -2.30. The minimum absolute atomic E-state index is 0.129. The van der Waals surface area contributed by atoms with Crippen molar-refractivity contribution in [2.75, 3.05) is 4.90 Å². The summed E-state index contributed by atoms with van der Waals surface area (Å²) in [6.07, 6.45) is 0. The molecule has 0 bridgehead atoms. The summed E-state index contributed by atoms with van der Waals surface area (Å²) < 4.78 is 6.15. The molecule has 0 aliphatic rings. The van der Waals surface area contributed by atoms with E-state index < -0.39 is 0 Å². The average Bonchev–Trinajstić information content (AvgIpc) is 2.81. The molecular weight excluding hydrogens is 438 g/mol. The van der Waals surface area contributed by atoms with E-state index in [1.807, 2.05) is 82.8 Å². The van der Waals surface area contributed by atoms with E-state index in [0.717, 1.165) is 39.1 Å². The van der Waals surface area contributed by atoms with Gasteiger partial charge < -0.3 is 25.0 Å². The number of benzene rings is 4. The van der Waals surface area contributed by atoms with Gasteiger partial charge in [-0.25, -0.2) is 0 Å². The maximum Gasteiger partial charge on any atom is 0.139 e. The quantitative estimate of drug-likeness (QED) is 0.277. The van der Waals surface area contributed by atoms with Crippen molar-refractivity contribution in [2.45, 2.75) is 41.5 Å². The number of ether oxygens (including phenoxy) is 1. The Kier molecular flexibility index (Phi) is 6.35. The molecule has 5 heteroatoms. The van der Waals surface area contributed by atoms with Crippen LogP contribution in [0.2, 0.25) is 0 Å². The van der Waals surface area contributed by atoms with E-state index in [1.165, 1.54) is 0 Å². The van der Waals surface area contributed by atoms with Crippen LogP contribution in [-0.4, -0.2) is 15.3 Å². The minimum Gasteiger partial charge on any atom is -0.508 e. The smallest absolute Gasteiger partial charge is 0.139 e. The molecular formula is C30H31NO4. The Labute approximate surface area is 206 Å². The number of anilines is 3. The number of aromatic hydroxyl groups is 3. The Bertz CT molecular complexity index is 1330. The summed E-state index contributed by atoms with van der Waals surface area (Å²) in [6, 6.07) is 18.0. The Morgan fingerprint density at radius 1 is 0.571 bits per heavy atom. The highest BCUT2D eigenvalue weighted by atomic mass is 16.5. The first-order chi connectivity index (χ1) is 16.6. The predicted octanol–water partition coefficient (Wildman–Crippen LogP) is 7.92. The van der Waals surface area contributed by atoms with Gasteiger partial charge in [0, 0.05) is 5.69 Å². The topological polar surface area (TPSA) is 73.2 Å². The zero-order valence-electron chi connectivity index (χ0n) is 21.0. The number of aryl methyl sites for hydroxylation is 4. The van der Waals surface area contributed by atoms with Crippen LogP contribution in [0, 0.1) is 41.5 Å². The fourth-order valence-electron chi connectivity index (χ4n) is 4.38. The average molecular weight is 470 g/mol. The van der Waals surface area contributed by atoms with Gasteiger partial charge >= 0.3 is 0 Å². The van der Waals surface area contributed by atoms with Crippen LogP contribution >= 0.6 is 0 Å². The summed E-state index contributed by atoms with van der Waals surface area (Å²) >= 11 is 0. The molecule has 35 heavy (non-hydrogen) atoms. The molecule has 3 N–H and O–H groups in total. The third-order valence-corrected chi connectivity index (χ3v) is 6.57. The predicted molar refractivity (Wildman–Crippen MR) is 141 cm³/mol.